The lowest BCUT2D eigenvalue weighted by molar-refractivity contribution is -0.137. The molecule has 0 saturated heterocycles. The first-order valence-electron chi connectivity index (χ1n) is 6.03. The Labute approximate surface area is 119 Å². The van der Waals surface area contributed by atoms with Gasteiger partial charge in [-0.3, -0.25) is 0 Å². The molecule has 21 heavy (non-hydrogen) atoms. The molecule has 0 aliphatic carbocycles. The molecule has 0 N–H and O–H groups in total. The van der Waals surface area contributed by atoms with Gasteiger partial charge >= 0.3 is 6.18 Å². The van der Waals surface area contributed by atoms with Crippen LogP contribution >= 0.6 is 0 Å². The summed E-state index contributed by atoms with van der Waals surface area (Å²) in [5, 5.41) is 8.77. The van der Waals surface area contributed by atoms with Crippen molar-refractivity contribution in [2.24, 2.45) is 0 Å². The van der Waals surface area contributed by atoms with E-state index < -0.39 is 11.7 Å². The van der Waals surface area contributed by atoms with Crippen molar-refractivity contribution in [3.63, 3.8) is 0 Å². The average Bonchev–Trinajstić information content (AvgIpc) is 2.47. The Hall–Kier alpha value is -2.55. The summed E-state index contributed by atoms with van der Waals surface area (Å²) in [5.74, 6) is 0.340. The topological polar surface area (TPSA) is 45.9 Å². The average molecular weight is 292 g/mol. The number of hydrogen-bond donors (Lipinski definition) is 0. The maximum Gasteiger partial charge on any atom is 0.416 e. The lowest BCUT2D eigenvalue weighted by Crippen LogP contribution is -2.04. The zero-order valence-electron chi connectivity index (χ0n) is 11.1. The van der Waals surface area contributed by atoms with Gasteiger partial charge in [-0.15, -0.1) is 0 Å². The smallest absolute Gasteiger partial charge is 0.416 e. The Bertz CT molecular complexity index is 673. The molecule has 3 nitrogen and oxygen atoms in total. The first-order valence-corrected chi connectivity index (χ1v) is 6.03. The van der Waals surface area contributed by atoms with Crippen molar-refractivity contribution in [3.05, 3.63) is 47.7 Å². The highest BCUT2D eigenvalue weighted by molar-refractivity contribution is 5.64. The Morgan fingerprint density at radius 3 is 2.38 bits per heavy atom. The molecule has 108 valence electrons. The number of methoxy groups -OCH3 is 1. The lowest BCUT2D eigenvalue weighted by atomic mass is 10.0. The SMILES string of the molecule is COc1ncc(-c2ccc(C(F)(F)F)cc2)cc1CC#N. The van der Waals surface area contributed by atoms with Crippen LogP contribution in [0.4, 0.5) is 13.2 Å². The molecule has 0 radical (unpaired) electrons. The summed E-state index contributed by atoms with van der Waals surface area (Å²) in [5.41, 5.74) is 1.12. The van der Waals surface area contributed by atoms with Gasteiger partial charge in [0.25, 0.3) is 0 Å². The number of ether oxygens (including phenoxy) is 1. The Morgan fingerprint density at radius 1 is 1.19 bits per heavy atom. The van der Waals surface area contributed by atoms with Gasteiger partial charge in [0.15, 0.2) is 0 Å². The Kier molecular flexibility index (Phi) is 4.13. The summed E-state index contributed by atoms with van der Waals surface area (Å²) in [6.07, 6.45) is -2.74. The monoisotopic (exact) mass is 292 g/mol. The fourth-order valence-electron chi connectivity index (χ4n) is 1.90. The Balaban J connectivity index is 2.38. The number of hydrogen-bond acceptors (Lipinski definition) is 3. The molecule has 0 saturated carbocycles. The van der Waals surface area contributed by atoms with Gasteiger partial charge < -0.3 is 4.74 Å². The molecule has 0 aliphatic rings. The minimum Gasteiger partial charge on any atom is -0.481 e. The van der Waals surface area contributed by atoms with E-state index in [-0.39, 0.29) is 6.42 Å². The minimum absolute atomic E-state index is 0.116. The number of rotatable bonds is 3. The number of halogens is 3. The van der Waals surface area contributed by atoms with Crippen molar-refractivity contribution >= 4 is 0 Å². The Morgan fingerprint density at radius 2 is 1.86 bits per heavy atom. The molecule has 0 aliphatic heterocycles. The summed E-state index contributed by atoms with van der Waals surface area (Å²) in [7, 11) is 1.45. The van der Waals surface area contributed by atoms with Crippen LogP contribution in [0.1, 0.15) is 11.1 Å². The summed E-state index contributed by atoms with van der Waals surface area (Å²) >= 11 is 0. The van der Waals surface area contributed by atoms with Crippen molar-refractivity contribution in [3.8, 4) is 23.1 Å². The van der Waals surface area contributed by atoms with Gasteiger partial charge in [-0.25, -0.2) is 4.98 Å². The van der Waals surface area contributed by atoms with Crippen LogP contribution in [0, 0.1) is 11.3 Å². The molecule has 0 bridgehead atoms. The van der Waals surface area contributed by atoms with Crippen molar-refractivity contribution < 1.29 is 17.9 Å². The predicted molar refractivity (Wildman–Crippen MR) is 70.5 cm³/mol. The third-order valence-corrected chi connectivity index (χ3v) is 2.93. The van der Waals surface area contributed by atoms with Crippen LogP contribution in [-0.4, -0.2) is 12.1 Å². The van der Waals surface area contributed by atoms with E-state index in [4.69, 9.17) is 10.00 Å². The molecule has 0 fully saturated rings. The number of nitriles is 1. The van der Waals surface area contributed by atoms with Crippen LogP contribution in [0.2, 0.25) is 0 Å². The summed E-state index contributed by atoms with van der Waals surface area (Å²) in [6.45, 7) is 0. The number of alkyl halides is 3. The molecule has 1 aromatic heterocycles. The standard InChI is InChI=1S/C15H11F3N2O/c1-21-14-11(6-7-19)8-12(9-20-14)10-2-4-13(5-3-10)15(16,17)18/h2-5,8-9H,6H2,1H3. The molecular weight excluding hydrogens is 281 g/mol. The molecule has 2 aromatic rings. The second-order valence-electron chi connectivity index (χ2n) is 4.30. The molecular formula is C15H11F3N2O. The normalized spacial score (nSPS) is 11.0. The number of aromatic nitrogens is 1. The van der Waals surface area contributed by atoms with Crippen LogP contribution in [0.3, 0.4) is 0 Å². The van der Waals surface area contributed by atoms with Gasteiger partial charge in [-0.2, -0.15) is 18.4 Å². The van der Waals surface area contributed by atoms with E-state index in [1.807, 2.05) is 6.07 Å². The van der Waals surface area contributed by atoms with Crippen LogP contribution < -0.4 is 4.74 Å². The number of nitrogens with zero attached hydrogens (tertiary/aromatic N) is 2. The van der Waals surface area contributed by atoms with Gasteiger partial charge in [0.1, 0.15) is 0 Å². The minimum atomic E-state index is -4.36. The first-order chi connectivity index (χ1) is 9.95. The van der Waals surface area contributed by atoms with Crippen molar-refractivity contribution in [1.82, 2.24) is 4.98 Å². The molecule has 0 atom stereocenters. The fraction of sp³-hybridized carbons (Fsp3) is 0.200. The summed E-state index contributed by atoms with van der Waals surface area (Å²) < 4.78 is 42.6. The van der Waals surface area contributed by atoms with E-state index in [0.29, 0.717) is 22.6 Å². The van der Waals surface area contributed by atoms with Gasteiger partial charge in [0, 0.05) is 17.3 Å². The van der Waals surface area contributed by atoms with Crippen LogP contribution in [0.25, 0.3) is 11.1 Å². The van der Waals surface area contributed by atoms with Crippen LogP contribution in [-0.2, 0) is 12.6 Å². The van der Waals surface area contributed by atoms with E-state index in [1.54, 1.807) is 6.07 Å². The molecule has 1 aromatic carbocycles. The van der Waals surface area contributed by atoms with E-state index in [2.05, 4.69) is 4.98 Å². The van der Waals surface area contributed by atoms with E-state index in [9.17, 15) is 13.2 Å². The maximum absolute atomic E-state index is 12.5. The molecule has 0 amide bonds. The third kappa shape index (κ3) is 3.31. The lowest BCUT2D eigenvalue weighted by Gasteiger charge is -2.09. The van der Waals surface area contributed by atoms with Gasteiger partial charge in [-0.05, 0) is 23.8 Å². The molecule has 1 heterocycles. The van der Waals surface area contributed by atoms with Crippen LogP contribution in [0.15, 0.2) is 36.5 Å². The summed E-state index contributed by atoms with van der Waals surface area (Å²) in [4.78, 5) is 4.07. The van der Waals surface area contributed by atoms with Crippen molar-refractivity contribution in [2.75, 3.05) is 7.11 Å². The number of pyridine rings is 1. The molecule has 0 unspecified atom stereocenters. The highest BCUT2D eigenvalue weighted by Gasteiger charge is 2.29. The van der Waals surface area contributed by atoms with Gasteiger partial charge in [-0.1, -0.05) is 12.1 Å². The van der Waals surface area contributed by atoms with Crippen molar-refractivity contribution in [2.45, 2.75) is 12.6 Å². The van der Waals surface area contributed by atoms with Crippen LogP contribution in [0.5, 0.6) is 5.88 Å². The van der Waals surface area contributed by atoms with Crippen molar-refractivity contribution in [1.29, 1.82) is 5.26 Å². The maximum atomic E-state index is 12.5. The quantitative estimate of drug-likeness (QED) is 0.863. The fourth-order valence-corrected chi connectivity index (χ4v) is 1.90. The largest absolute Gasteiger partial charge is 0.481 e. The highest BCUT2D eigenvalue weighted by Crippen LogP contribution is 2.31. The second-order valence-corrected chi connectivity index (χ2v) is 4.30. The second kappa shape index (κ2) is 5.83. The summed E-state index contributed by atoms with van der Waals surface area (Å²) in [6, 6.07) is 8.48. The zero-order chi connectivity index (χ0) is 15.5. The molecule has 6 heteroatoms. The molecule has 0 spiro atoms. The highest BCUT2D eigenvalue weighted by atomic mass is 19.4. The molecule has 2 rings (SSSR count). The van der Waals surface area contributed by atoms with Gasteiger partial charge in [0.05, 0.1) is 25.2 Å². The van der Waals surface area contributed by atoms with E-state index in [0.717, 1.165) is 12.1 Å². The number of benzene rings is 1. The first kappa shape index (κ1) is 14.9. The van der Waals surface area contributed by atoms with E-state index >= 15 is 0 Å². The third-order valence-electron chi connectivity index (χ3n) is 2.93. The predicted octanol–water partition coefficient (Wildman–Crippen LogP) is 3.84. The zero-order valence-corrected chi connectivity index (χ0v) is 11.1. The van der Waals surface area contributed by atoms with E-state index in [1.165, 1.54) is 25.4 Å². The van der Waals surface area contributed by atoms with Gasteiger partial charge in [0.2, 0.25) is 5.88 Å².